The summed E-state index contributed by atoms with van der Waals surface area (Å²) in [6.07, 6.45) is 19.8. The number of hydrogen-bond acceptors (Lipinski definition) is 14. The second-order valence-electron chi connectivity index (χ2n) is 28.6. The Morgan fingerprint density at radius 1 is 0.426 bits per heavy atom. The summed E-state index contributed by atoms with van der Waals surface area (Å²) in [4.78, 5) is 111. The number of H-pyrrole nitrogens is 4. The van der Waals surface area contributed by atoms with E-state index < -0.39 is 29.9 Å². The summed E-state index contributed by atoms with van der Waals surface area (Å²) in [7, 11) is 2.58. The van der Waals surface area contributed by atoms with Crippen LogP contribution in [0.1, 0.15) is 160 Å². The molecule has 101 heavy (non-hydrogen) atoms. The number of pyridine rings is 2. The van der Waals surface area contributed by atoms with Crippen LogP contribution >= 0.6 is 0 Å². The molecule has 6 N–H and O–H groups in total. The molecule has 6 aromatic heterocycles. The van der Waals surface area contributed by atoms with Crippen molar-refractivity contribution in [2.75, 3.05) is 33.9 Å². The van der Waals surface area contributed by atoms with Gasteiger partial charge >= 0.3 is 18.3 Å². The average molecular weight is 1360 g/mol. The third kappa shape index (κ3) is 15.2. The molecule has 10 aromatic rings. The SMILES string of the molecule is CC(C)(C)OC(=O)N1CCC[C@H]1c1ncc(-c2ccc(-c3cc4ccc(-c5cnc(C6CCCC6)[nH]5)cc4cn3)cc2)[nH]1.COC(=O)N[C@H](C(=O)N1CCC[C@H]1c1ncc(-c2ccc(-c3cc4ccc(-c5cnc([C@@H]6CCCN6C(=O)[C@@H](NC(=O)OC)C(C)C)[nH]5)cc4cn3)cc2)[nH]1)C(C)C. The number of benzene rings is 4. The fourth-order valence-corrected chi connectivity index (χ4v) is 14.4. The van der Waals surface area contributed by atoms with E-state index >= 15 is 0 Å². The van der Waals surface area contributed by atoms with Gasteiger partial charge in [0, 0.05) is 71.0 Å². The molecule has 5 amide bonds. The van der Waals surface area contributed by atoms with Crippen molar-refractivity contribution in [2.24, 2.45) is 11.8 Å². The van der Waals surface area contributed by atoms with Crippen LogP contribution in [0.5, 0.6) is 0 Å². The van der Waals surface area contributed by atoms with E-state index in [0.717, 1.165) is 139 Å². The number of alkyl carbamates (subject to hydrolysis) is 2. The van der Waals surface area contributed by atoms with Crippen molar-refractivity contribution in [2.45, 2.75) is 154 Å². The Balaban J connectivity index is 0.000000188. The van der Waals surface area contributed by atoms with Crippen molar-refractivity contribution in [1.29, 1.82) is 0 Å². The fourth-order valence-electron chi connectivity index (χ4n) is 14.4. The van der Waals surface area contributed by atoms with Crippen LogP contribution in [0.2, 0.25) is 0 Å². The Kier molecular flexibility index (Phi) is 20.2. The lowest BCUT2D eigenvalue weighted by Crippen LogP contribution is -2.51. The number of fused-ring (bicyclic) bond motifs is 2. The Hall–Kier alpha value is -10.7. The number of methoxy groups -OCH3 is 2. The molecule has 1 aliphatic carbocycles. The van der Waals surface area contributed by atoms with Gasteiger partial charge in [-0.25, -0.2) is 34.3 Å². The normalized spacial score (nSPS) is 17.7. The van der Waals surface area contributed by atoms with Crippen LogP contribution in [0.25, 0.3) is 89.1 Å². The predicted molar refractivity (Wildman–Crippen MR) is 387 cm³/mol. The molecule has 0 spiro atoms. The second-order valence-corrected chi connectivity index (χ2v) is 28.6. The highest BCUT2D eigenvalue weighted by Gasteiger charge is 2.40. The van der Waals surface area contributed by atoms with Gasteiger partial charge in [-0.2, -0.15) is 0 Å². The van der Waals surface area contributed by atoms with Gasteiger partial charge in [0.2, 0.25) is 11.8 Å². The summed E-state index contributed by atoms with van der Waals surface area (Å²) in [5, 5.41) is 9.66. The number of hydrogen-bond donors (Lipinski definition) is 6. The Morgan fingerprint density at radius 3 is 1.18 bits per heavy atom. The lowest BCUT2D eigenvalue weighted by molar-refractivity contribution is -0.136. The molecular formula is C78H89N15O8. The topological polar surface area (TPSA) is 287 Å². The number of aromatic nitrogens is 10. The van der Waals surface area contributed by atoms with E-state index in [1.807, 2.05) is 104 Å². The highest BCUT2D eigenvalue weighted by Crippen LogP contribution is 2.39. The molecule has 4 aromatic carbocycles. The van der Waals surface area contributed by atoms with Gasteiger partial charge in [-0.1, -0.05) is 113 Å². The lowest BCUT2D eigenvalue weighted by atomic mass is 10.0. The molecule has 4 fully saturated rings. The summed E-state index contributed by atoms with van der Waals surface area (Å²) >= 11 is 0. The van der Waals surface area contributed by atoms with E-state index in [4.69, 9.17) is 29.2 Å². The molecule has 23 heteroatoms. The summed E-state index contributed by atoms with van der Waals surface area (Å²) in [5.74, 6) is 3.41. The highest BCUT2D eigenvalue weighted by atomic mass is 16.6. The van der Waals surface area contributed by atoms with Gasteiger partial charge < -0.3 is 54.6 Å². The number of likely N-dealkylation sites (tertiary alicyclic amines) is 3. The van der Waals surface area contributed by atoms with Crippen molar-refractivity contribution >= 4 is 51.6 Å². The van der Waals surface area contributed by atoms with Gasteiger partial charge in [0.25, 0.3) is 0 Å². The minimum atomic E-state index is -0.695. The van der Waals surface area contributed by atoms with Crippen LogP contribution in [0.4, 0.5) is 14.4 Å². The third-order valence-electron chi connectivity index (χ3n) is 19.9. The molecule has 4 aliphatic rings. The number of nitrogens with one attached hydrogen (secondary N) is 6. The maximum absolute atomic E-state index is 13.6. The first-order chi connectivity index (χ1) is 48.8. The van der Waals surface area contributed by atoms with Crippen molar-refractivity contribution in [3.05, 3.63) is 158 Å². The molecule has 3 aliphatic heterocycles. The van der Waals surface area contributed by atoms with Crippen molar-refractivity contribution < 1.29 is 38.2 Å². The van der Waals surface area contributed by atoms with Crippen LogP contribution in [0.15, 0.2) is 134 Å². The quantitative estimate of drug-likeness (QED) is 0.0491. The molecular weight excluding hydrogens is 1270 g/mol. The van der Waals surface area contributed by atoms with Crippen LogP contribution in [-0.2, 0) is 23.8 Å². The molecule has 14 rings (SSSR count). The van der Waals surface area contributed by atoms with Gasteiger partial charge in [0.15, 0.2) is 0 Å². The van der Waals surface area contributed by atoms with Crippen LogP contribution in [0.3, 0.4) is 0 Å². The first-order valence-corrected chi connectivity index (χ1v) is 35.3. The minimum absolute atomic E-state index is 0.104. The van der Waals surface area contributed by atoms with Crippen molar-refractivity contribution in [3.63, 3.8) is 0 Å². The van der Waals surface area contributed by atoms with Gasteiger partial charge in [-0.05, 0) is 130 Å². The summed E-state index contributed by atoms with van der Waals surface area (Å²) in [6, 6.07) is 31.5. The zero-order chi connectivity index (χ0) is 70.6. The maximum Gasteiger partial charge on any atom is 0.410 e. The first kappa shape index (κ1) is 68.8. The number of carbonyl (C=O) groups is 5. The number of nitrogens with zero attached hydrogens (tertiary/aromatic N) is 9. The minimum Gasteiger partial charge on any atom is -0.453 e. The zero-order valence-electron chi connectivity index (χ0n) is 58.8. The smallest absolute Gasteiger partial charge is 0.410 e. The molecule has 0 bridgehead atoms. The standard InChI is InChI=1S/C43H51N9O6.C35H38N6O2/c1-24(2)36(49-42(55)57-5)40(53)51-17-7-9-34(51)38-45-22-32(47-38)27-13-11-26(12-14-27)31-20-28-15-16-29(19-30(28)21-44-31)33-23-46-39(48-33)35-10-8-18-52(35)41(54)37(25(3)4)50-43(56)58-6;1-35(2,3)43-34(42)41-16-6-9-31(41)33-38-20-29(40-33)23-12-10-22(11-13-23)28-18-25-14-15-26(17-27(25)19-36-28)30-21-37-32(39-30)24-7-4-5-8-24/h11-16,19-25,34-37H,7-10,17-18H2,1-6H3,(H,45,47)(H,46,48)(H,49,55)(H,50,56);10-15,17-21,24,31H,4-9,16H2,1-3H3,(H,37,39)(H,38,40)/t34-,35-,36-,37-;31-/m00/s1. The number of amides is 5. The van der Waals surface area contributed by atoms with E-state index in [-0.39, 0.29) is 47.9 Å². The zero-order valence-corrected chi connectivity index (χ0v) is 58.8. The number of ether oxygens (including phenoxy) is 3. The summed E-state index contributed by atoms with van der Waals surface area (Å²) in [6.45, 7) is 15.1. The molecule has 9 heterocycles. The third-order valence-corrected chi connectivity index (χ3v) is 19.9. The Bertz CT molecular complexity index is 4620. The second kappa shape index (κ2) is 29.6. The van der Waals surface area contributed by atoms with E-state index in [2.05, 4.69) is 112 Å². The Morgan fingerprint density at radius 2 is 0.782 bits per heavy atom. The molecule has 5 atom stereocenters. The van der Waals surface area contributed by atoms with E-state index in [1.165, 1.54) is 39.9 Å². The number of rotatable bonds is 16. The molecule has 23 nitrogen and oxygen atoms in total. The first-order valence-electron chi connectivity index (χ1n) is 35.3. The van der Waals surface area contributed by atoms with Gasteiger partial charge in [-0.3, -0.25) is 24.5 Å². The lowest BCUT2D eigenvalue weighted by Gasteiger charge is -2.30. The largest absolute Gasteiger partial charge is 0.453 e. The van der Waals surface area contributed by atoms with Crippen molar-refractivity contribution in [1.82, 2.24) is 75.2 Å². The molecule has 1 saturated carbocycles. The molecule has 0 radical (unpaired) electrons. The molecule has 524 valence electrons. The van der Waals surface area contributed by atoms with Gasteiger partial charge in [-0.15, -0.1) is 0 Å². The van der Waals surface area contributed by atoms with E-state index in [1.54, 1.807) is 27.1 Å². The predicted octanol–water partition coefficient (Wildman–Crippen LogP) is 15.2. The molecule has 3 saturated heterocycles. The Labute approximate surface area is 587 Å². The fraction of sp³-hybridized carbons (Fsp3) is 0.397. The number of imidazole rings is 4. The van der Waals surface area contributed by atoms with Gasteiger partial charge in [0.1, 0.15) is 41.0 Å². The number of aromatic amines is 4. The van der Waals surface area contributed by atoms with Crippen molar-refractivity contribution in [3.8, 4) is 67.5 Å². The molecule has 0 unspecified atom stereocenters. The van der Waals surface area contributed by atoms with Crippen LogP contribution in [-0.4, -0.2) is 146 Å². The van der Waals surface area contributed by atoms with Gasteiger partial charge in [0.05, 0.1) is 91.3 Å². The average Bonchev–Trinajstić information content (AvgIpc) is 1.74. The highest BCUT2D eigenvalue weighted by molar-refractivity contribution is 5.91. The maximum atomic E-state index is 13.6. The summed E-state index contributed by atoms with van der Waals surface area (Å²) < 4.78 is 15.1. The summed E-state index contributed by atoms with van der Waals surface area (Å²) in [5.41, 5.74) is 11.0. The monoisotopic (exact) mass is 1360 g/mol. The number of carbonyl (C=O) groups excluding carboxylic acids is 5. The van der Waals surface area contributed by atoms with E-state index in [9.17, 15) is 24.0 Å². The van der Waals surface area contributed by atoms with Crippen LogP contribution < -0.4 is 10.6 Å². The van der Waals surface area contributed by atoms with E-state index in [0.29, 0.717) is 37.2 Å². The van der Waals surface area contributed by atoms with Crippen LogP contribution in [0, 0.1) is 11.8 Å².